The zero-order chi connectivity index (χ0) is 17.9. The Morgan fingerprint density at radius 3 is 2.77 bits per heavy atom. The number of ether oxygens (including phenoxy) is 1. The van der Waals surface area contributed by atoms with Crippen LogP contribution in [-0.2, 0) is 4.74 Å². The summed E-state index contributed by atoms with van der Waals surface area (Å²) in [6, 6.07) is 4.84. The van der Waals surface area contributed by atoms with E-state index < -0.39 is 0 Å². The van der Waals surface area contributed by atoms with Gasteiger partial charge in [-0.1, -0.05) is 13.0 Å². The first-order chi connectivity index (χ1) is 12.2. The molecule has 1 atom stereocenters. The van der Waals surface area contributed by atoms with Gasteiger partial charge in [-0.25, -0.2) is 0 Å². The summed E-state index contributed by atoms with van der Waals surface area (Å²) in [5.41, 5.74) is 0. The Morgan fingerprint density at radius 2 is 2.15 bits per heavy atom. The van der Waals surface area contributed by atoms with Crippen LogP contribution in [-0.4, -0.2) is 57.3 Å². The minimum absolute atomic E-state index is 0. The van der Waals surface area contributed by atoms with Gasteiger partial charge in [0, 0.05) is 38.2 Å². The highest BCUT2D eigenvalue weighted by molar-refractivity contribution is 14.0. The number of nitrogens with zero attached hydrogens (tertiary/aromatic N) is 2. The molecule has 0 spiro atoms. The lowest BCUT2D eigenvalue weighted by atomic mass is 9.97. The molecule has 1 unspecified atom stereocenters. The van der Waals surface area contributed by atoms with Gasteiger partial charge in [-0.15, -0.1) is 35.3 Å². The van der Waals surface area contributed by atoms with Gasteiger partial charge in [0.25, 0.3) is 0 Å². The number of rotatable bonds is 9. The Balaban J connectivity index is 0.00000338. The van der Waals surface area contributed by atoms with Gasteiger partial charge >= 0.3 is 0 Å². The van der Waals surface area contributed by atoms with Gasteiger partial charge in [-0.2, -0.15) is 0 Å². The molecule has 1 aromatic rings. The highest BCUT2D eigenvalue weighted by Crippen LogP contribution is 2.28. The molecule has 0 radical (unpaired) electrons. The van der Waals surface area contributed by atoms with E-state index in [1.165, 1.54) is 30.8 Å². The Morgan fingerprint density at radius 1 is 1.38 bits per heavy atom. The van der Waals surface area contributed by atoms with Crippen LogP contribution in [0.15, 0.2) is 22.5 Å². The number of piperidine rings is 1. The molecule has 150 valence electrons. The lowest BCUT2D eigenvalue weighted by Gasteiger charge is -2.36. The van der Waals surface area contributed by atoms with Crippen molar-refractivity contribution in [3.05, 3.63) is 22.4 Å². The van der Waals surface area contributed by atoms with Crippen molar-refractivity contribution in [1.82, 2.24) is 15.5 Å². The van der Waals surface area contributed by atoms with Crippen LogP contribution in [0.5, 0.6) is 0 Å². The predicted molar refractivity (Wildman–Crippen MR) is 123 cm³/mol. The largest absolute Gasteiger partial charge is 0.382 e. The third-order valence-corrected chi connectivity index (χ3v) is 5.75. The summed E-state index contributed by atoms with van der Waals surface area (Å²) >= 11 is 1.85. The Kier molecular flexibility index (Phi) is 12.5. The maximum Gasteiger partial charge on any atom is 0.191 e. The third-order valence-electron chi connectivity index (χ3n) is 4.78. The number of hydrogen-bond acceptors (Lipinski definition) is 4. The fraction of sp³-hybridized carbons (Fsp3) is 0.737. The van der Waals surface area contributed by atoms with Gasteiger partial charge in [0.1, 0.15) is 0 Å². The Bertz CT molecular complexity index is 490. The fourth-order valence-corrected chi connectivity index (χ4v) is 4.03. The van der Waals surface area contributed by atoms with Crippen LogP contribution >= 0.6 is 35.3 Å². The molecular weight excluding hydrogens is 459 g/mol. The van der Waals surface area contributed by atoms with Gasteiger partial charge in [-0.3, -0.25) is 9.89 Å². The quantitative estimate of drug-likeness (QED) is 0.238. The van der Waals surface area contributed by atoms with Crippen molar-refractivity contribution in [2.45, 2.75) is 39.2 Å². The number of thiophene rings is 1. The molecule has 2 rings (SSSR count). The summed E-state index contributed by atoms with van der Waals surface area (Å²) < 4.78 is 5.38. The van der Waals surface area contributed by atoms with Crippen LogP contribution in [0.4, 0.5) is 0 Å². The third kappa shape index (κ3) is 8.10. The highest BCUT2D eigenvalue weighted by atomic mass is 127. The maximum absolute atomic E-state index is 5.38. The van der Waals surface area contributed by atoms with Crippen molar-refractivity contribution in [2.75, 3.05) is 46.4 Å². The number of nitrogens with one attached hydrogen (secondary N) is 2. The summed E-state index contributed by atoms with van der Waals surface area (Å²) in [7, 11) is 1.83. The van der Waals surface area contributed by atoms with E-state index in [0.717, 1.165) is 44.6 Å². The van der Waals surface area contributed by atoms with Crippen molar-refractivity contribution in [3.8, 4) is 0 Å². The van der Waals surface area contributed by atoms with Crippen LogP contribution in [0.25, 0.3) is 0 Å². The molecule has 0 aromatic carbocycles. The van der Waals surface area contributed by atoms with E-state index >= 15 is 0 Å². The van der Waals surface area contributed by atoms with Crippen LogP contribution in [0.3, 0.4) is 0 Å². The Labute approximate surface area is 180 Å². The summed E-state index contributed by atoms with van der Waals surface area (Å²) in [5, 5.41) is 9.08. The molecule has 1 aromatic heterocycles. The lowest BCUT2D eigenvalue weighted by Crippen LogP contribution is -2.45. The van der Waals surface area contributed by atoms with Gasteiger partial charge in [0.05, 0.1) is 6.04 Å². The molecule has 1 aliphatic rings. The first-order valence-corrected chi connectivity index (χ1v) is 10.4. The molecule has 0 saturated carbocycles. The van der Waals surface area contributed by atoms with Crippen molar-refractivity contribution in [3.63, 3.8) is 0 Å². The second kappa shape index (κ2) is 13.7. The molecular formula is C19H35IN4OS. The van der Waals surface area contributed by atoms with Crippen molar-refractivity contribution in [1.29, 1.82) is 0 Å². The van der Waals surface area contributed by atoms with Gasteiger partial charge < -0.3 is 15.4 Å². The van der Waals surface area contributed by atoms with E-state index in [9.17, 15) is 0 Å². The molecule has 0 amide bonds. The van der Waals surface area contributed by atoms with Crippen molar-refractivity contribution >= 4 is 41.3 Å². The molecule has 7 heteroatoms. The Hall–Kier alpha value is -0.380. The van der Waals surface area contributed by atoms with Crippen LogP contribution in [0.2, 0.25) is 0 Å². The first kappa shape index (κ1) is 23.7. The molecule has 2 N–H and O–H groups in total. The number of guanidine groups is 1. The van der Waals surface area contributed by atoms with E-state index in [4.69, 9.17) is 4.74 Å². The minimum Gasteiger partial charge on any atom is -0.382 e. The highest BCUT2D eigenvalue weighted by Gasteiger charge is 2.25. The number of hydrogen-bond donors (Lipinski definition) is 2. The van der Waals surface area contributed by atoms with E-state index in [2.05, 4.69) is 45.0 Å². The number of halogens is 1. The van der Waals surface area contributed by atoms with Crippen LogP contribution in [0.1, 0.15) is 44.0 Å². The lowest BCUT2D eigenvalue weighted by molar-refractivity contribution is 0.140. The van der Waals surface area contributed by atoms with Gasteiger partial charge in [0.2, 0.25) is 0 Å². The molecule has 0 aliphatic carbocycles. The van der Waals surface area contributed by atoms with Crippen LogP contribution in [0, 0.1) is 5.92 Å². The normalized spacial score (nSPS) is 17.6. The summed E-state index contributed by atoms with van der Waals surface area (Å²) in [4.78, 5) is 8.42. The number of likely N-dealkylation sites (tertiary alicyclic amines) is 1. The van der Waals surface area contributed by atoms with Crippen LogP contribution < -0.4 is 10.6 Å². The average Bonchev–Trinajstić information content (AvgIpc) is 3.15. The second-order valence-electron chi connectivity index (χ2n) is 6.68. The van der Waals surface area contributed by atoms with Crippen molar-refractivity contribution in [2.24, 2.45) is 10.9 Å². The van der Waals surface area contributed by atoms with Crippen molar-refractivity contribution < 1.29 is 4.74 Å². The zero-order valence-corrected chi connectivity index (χ0v) is 19.5. The fourth-order valence-electron chi connectivity index (χ4n) is 3.17. The predicted octanol–water partition coefficient (Wildman–Crippen LogP) is 3.73. The topological polar surface area (TPSA) is 48.9 Å². The molecule has 0 bridgehead atoms. The molecule has 5 nitrogen and oxygen atoms in total. The molecule has 1 fully saturated rings. The van der Waals surface area contributed by atoms with E-state index in [-0.39, 0.29) is 24.0 Å². The average molecular weight is 494 g/mol. The number of aliphatic imine (C=N–C) groups is 1. The van der Waals surface area contributed by atoms with E-state index in [1.807, 2.05) is 25.3 Å². The summed E-state index contributed by atoms with van der Waals surface area (Å²) in [5.74, 6) is 1.73. The summed E-state index contributed by atoms with van der Waals surface area (Å²) in [6.07, 6.45) is 3.59. The SMILES string of the molecule is CCOCCCNC(=NC)NCC(c1cccs1)N1CCC(C)CC1.I. The summed E-state index contributed by atoms with van der Waals surface area (Å²) in [6.45, 7) is 10.1. The minimum atomic E-state index is 0. The molecule has 2 heterocycles. The molecule has 1 aliphatic heterocycles. The first-order valence-electron chi connectivity index (χ1n) is 9.54. The smallest absolute Gasteiger partial charge is 0.191 e. The van der Waals surface area contributed by atoms with Gasteiger partial charge in [-0.05, 0) is 56.6 Å². The molecule has 1 saturated heterocycles. The zero-order valence-electron chi connectivity index (χ0n) is 16.4. The maximum atomic E-state index is 5.38. The second-order valence-corrected chi connectivity index (χ2v) is 7.66. The molecule has 26 heavy (non-hydrogen) atoms. The standard InChI is InChI=1S/C19H34N4OS.HI/c1-4-24-13-6-10-21-19(20-3)22-15-17(18-7-5-14-25-18)23-11-8-16(2)9-12-23;/h5,7,14,16-17H,4,6,8-13,15H2,1-3H3,(H2,20,21,22);1H. The van der Waals surface area contributed by atoms with E-state index in [1.54, 1.807) is 0 Å². The van der Waals surface area contributed by atoms with Gasteiger partial charge in [0.15, 0.2) is 5.96 Å². The van der Waals surface area contributed by atoms with E-state index in [0.29, 0.717) is 6.04 Å². The monoisotopic (exact) mass is 494 g/mol.